The van der Waals surface area contributed by atoms with E-state index in [1.165, 1.54) is 0 Å². The molecule has 0 aromatic rings. The molecule has 1 amide bonds. The Balaban J connectivity index is 2.46. The number of carbonyl (C=O) groups excluding carboxylic acids is 1. The second kappa shape index (κ2) is 5.03. The summed E-state index contributed by atoms with van der Waals surface area (Å²) in [6.07, 6.45) is -0.293. The van der Waals surface area contributed by atoms with Crippen LogP contribution >= 0.6 is 11.8 Å². The first-order chi connectivity index (χ1) is 6.56. The normalized spacial score (nSPS) is 19.6. The van der Waals surface area contributed by atoms with Gasteiger partial charge in [0.2, 0.25) is 5.91 Å². The molecule has 0 spiro atoms. The molecular weight excluding hydrogens is 198 g/mol. The number of hydrogen-bond acceptors (Lipinski definition) is 3. The number of likely N-dealkylation sites (tertiary alicyclic amines) is 1. The average Bonchev–Trinajstić information content (AvgIpc) is 2.07. The zero-order valence-electron chi connectivity index (χ0n) is 9.06. The molecule has 0 saturated carbocycles. The molecule has 1 unspecified atom stereocenters. The lowest BCUT2D eigenvalue weighted by molar-refractivity contribution is -0.141. The second-order valence-electron chi connectivity index (χ2n) is 4.02. The summed E-state index contributed by atoms with van der Waals surface area (Å²) in [5.41, 5.74) is 0. The third kappa shape index (κ3) is 2.64. The Morgan fingerprint density at radius 2 is 2.14 bits per heavy atom. The van der Waals surface area contributed by atoms with Crippen LogP contribution in [0.15, 0.2) is 0 Å². The molecule has 1 aliphatic rings. The van der Waals surface area contributed by atoms with Crippen LogP contribution in [0.5, 0.6) is 0 Å². The fourth-order valence-electron chi connectivity index (χ4n) is 1.54. The number of amides is 1. The van der Waals surface area contributed by atoms with Crippen LogP contribution < -0.4 is 0 Å². The van der Waals surface area contributed by atoms with Crippen molar-refractivity contribution in [2.75, 3.05) is 18.8 Å². The van der Waals surface area contributed by atoms with Crippen LogP contribution in [0.4, 0.5) is 0 Å². The zero-order chi connectivity index (χ0) is 10.7. The van der Waals surface area contributed by atoms with E-state index in [0.717, 1.165) is 5.75 Å². The van der Waals surface area contributed by atoms with Gasteiger partial charge < -0.3 is 10.0 Å². The van der Waals surface area contributed by atoms with Crippen molar-refractivity contribution in [1.82, 2.24) is 4.90 Å². The molecule has 14 heavy (non-hydrogen) atoms. The Labute approximate surface area is 89.9 Å². The van der Waals surface area contributed by atoms with Crippen molar-refractivity contribution in [2.24, 2.45) is 5.92 Å². The number of β-amino-alcohol motifs (C(OH)–C–C–N with tert-alkyl or cyclic N) is 1. The molecule has 1 rings (SSSR count). The topological polar surface area (TPSA) is 40.5 Å². The van der Waals surface area contributed by atoms with E-state index < -0.39 is 0 Å². The molecule has 1 N–H and O–H groups in total. The lowest BCUT2D eigenvalue weighted by atomic mass is 10.1. The fourth-order valence-corrected chi connectivity index (χ4v) is 2.58. The number of thioether (sulfide) groups is 1. The van der Waals surface area contributed by atoms with Crippen molar-refractivity contribution >= 4 is 17.7 Å². The van der Waals surface area contributed by atoms with Gasteiger partial charge in [-0.1, -0.05) is 20.8 Å². The molecule has 1 aliphatic heterocycles. The second-order valence-corrected chi connectivity index (χ2v) is 5.44. The number of hydrogen-bond donors (Lipinski definition) is 1. The highest BCUT2D eigenvalue weighted by Gasteiger charge is 2.34. The van der Waals surface area contributed by atoms with E-state index in [9.17, 15) is 4.79 Å². The van der Waals surface area contributed by atoms with Gasteiger partial charge in [-0.05, 0) is 11.7 Å². The summed E-state index contributed by atoms with van der Waals surface area (Å²) in [5, 5.41) is 9.18. The van der Waals surface area contributed by atoms with Crippen molar-refractivity contribution in [1.29, 1.82) is 0 Å². The van der Waals surface area contributed by atoms with Gasteiger partial charge in [0.05, 0.1) is 11.4 Å². The maximum Gasteiger partial charge on any atom is 0.236 e. The number of rotatable bonds is 4. The highest BCUT2D eigenvalue weighted by molar-refractivity contribution is 8.00. The zero-order valence-corrected chi connectivity index (χ0v) is 9.88. The quantitative estimate of drug-likeness (QED) is 0.763. The van der Waals surface area contributed by atoms with Crippen molar-refractivity contribution in [3.05, 3.63) is 0 Å². The Morgan fingerprint density at radius 1 is 1.57 bits per heavy atom. The van der Waals surface area contributed by atoms with E-state index in [4.69, 9.17) is 5.11 Å². The maximum absolute atomic E-state index is 11.9. The SMILES string of the molecule is CCSC(C(=O)N1CC(O)C1)C(C)C. The van der Waals surface area contributed by atoms with Crippen LogP contribution in [0.2, 0.25) is 0 Å². The first kappa shape index (κ1) is 11.9. The molecule has 0 aromatic carbocycles. The fraction of sp³-hybridized carbons (Fsp3) is 0.900. The third-order valence-electron chi connectivity index (χ3n) is 2.37. The van der Waals surface area contributed by atoms with Crippen LogP contribution in [0, 0.1) is 5.92 Å². The summed E-state index contributed by atoms with van der Waals surface area (Å²) >= 11 is 1.70. The lowest BCUT2D eigenvalue weighted by Gasteiger charge is -2.38. The Bertz CT molecular complexity index is 202. The predicted octanol–water partition coefficient (Wildman–Crippen LogP) is 0.967. The summed E-state index contributed by atoms with van der Waals surface area (Å²) in [5.74, 6) is 1.52. The number of carbonyl (C=O) groups is 1. The summed E-state index contributed by atoms with van der Waals surface area (Å²) in [4.78, 5) is 13.6. The van der Waals surface area contributed by atoms with E-state index in [-0.39, 0.29) is 17.3 Å². The molecular formula is C10H19NO2S. The predicted molar refractivity (Wildman–Crippen MR) is 59.3 cm³/mol. The number of aliphatic hydroxyl groups is 1. The highest BCUT2D eigenvalue weighted by Crippen LogP contribution is 2.23. The van der Waals surface area contributed by atoms with E-state index in [0.29, 0.717) is 19.0 Å². The summed E-state index contributed by atoms with van der Waals surface area (Å²) in [6, 6.07) is 0. The molecule has 82 valence electrons. The van der Waals surface area contributed by atoms with Gasteiger partial charge in [-0.15, -0.1) is 11.8 Å². The monoisotopic (exact) mass is 217 g/mol. The molecule has 4 heteroatoms. The van der Waals surface area contributed by atoms with Crippen LogP contribution in [0.1, 0.15) is 20.8 Å². The van der Waals surface area contributed by atoms with Gasteiger partial charge in [-0.25, -0.2) is 0 Å². The molecule has 0 radical (unpaired) electrons. The van der Waals surface area contributed by atoms with Gasteiger partial charge in [0.15, 0.2) is 0 Å². The Morgan fingerprint density at radius 3 is 2.50 bits per heavy atom. The molecule has 0 aliphatic carbocycles. The minimum absolute atomic E-state index is 0.0625. The Hall–Kier alpha value is -0.220. The van der Waals surface area contributed by atoms with Gasteiger partial charge >= 0.3 is 0 Å². The minimum atomic E-state index is -0.293. The standard InChI is InChI=1S/C10H19NO2S/c1-4-14-9(7(2)3)10(13)11-5-8(12)6-11/h7-9,12H,4-6H2,1-3H3. The molecule has 0 bridgehead atoms. The molecule has 1 atom stereocenters. The summed E-state index contributed by atoms with van der Waals surface area (Å²) < 4.78 is 0. The average molecular weight is 217 g/mol. The van der Waals surface area contributed by atoms with E-state index in [1.54, 1.807) is 16.7 Å². The van der Waals surface area contributed by atoms with Crippen LogP contribution in [-0.4, -0.2) is 46.1 Å². The lowest BCUT2D eigenvalue weighted by Crippen LogP contribution is -2.56. The van der Waals surface area contributed by atoms with Gasteiger partial charge in [0.1, 0.15) is 0 Å². The van der Waals surface area contributed by atoms with Crippen molar-refractivity contribution in [3.8, 4) is 0 Å². The molecule has 1 saturated heterocycles. The molecule has 0 aromatic heterocycles. The van der Waals surface area contributed by atoms with E-state index in [1.807, 2.05) is 0 Å². The van der Waals surface area contributed by atoms with Gasteiger partial charge in [-0.2, -0.15) is 0 Å². The molecule has 3 nitrogen and oxygen atoms in total. The summed E-state index contributed by atoms with van der Waals surface area (Å²) in [6.45, 7) is 7.25. The Kier molecular flexibility index (Phi) is 4.26. The van der Waals surface area contributed by atoms with Gasteiger partial charge in [0.25, 0.3) is 0 Å². The van der Waals surface area contributed by atoms with Crippen LogP contribution in [0.3, 0.4) is 0 Å². The first-order valence-corrected chi connectivity index (χ1v) is 6.19. The maximum atomic E-state index is 11.9. The van der Waals surface area contributed by atoms with Crippen LogP contribution in [0.25, 0.3) is 0 Å². The van der Waals surface area contributed by atoms with Crippen molar-refractivity contribution in [3.63, 3.8) is 0 Å². The van der Waals surface area contributed by atoms with E-state index in [2.05, 4.69) is 20.8 Å². The van der Waals surface area contributed by atoms with Crippen molar-refractivity contribution < 1.29 is 9.90 Å². The van der Waals surface area contributed by atoms with E-state index >= 15 is 0 Å². The van der Waals surface area contributed by atoms with Crippen molar-refractivity contribution in [2.45, 2.75) is 32.1 Å². The number of nitrogens with zero attached hydrogens (tertiary/aromatic N) is 1. The molecule has 1 heterocycles. The molecule has 1 fully saturated rings. The highest BCUT2D eigenvalue weighted by atomic mass is 32.2. The largest absolute Gasteiger partial charge is 0.389 e. The van der Waals surface area contributed by atoms with Crippen LogP contribution in [-0.2, 0) is 4.79 Å². The third-order valence-corrected chi connectivity index (χ3v) is 3.81. The number of aliphatic hydroxyl groups excluding tert-OH is 1. The minimum Gasteiger partial charge on any atom is -0.389 e. The van der Waals surface area contributed by atoms with Gasteiger partial charge in [-0.3, -0.25) is 4.79 Å². The smallest absolute Gasteiger partial charge is 0.236 e. The summed E-state index contributed by atoms with van der Waals surface area (Å²) in [7, 11) is 0. The van der Waals surface area contributed by atoms with Gasteiger partial charge in [0, 0.05) is 13.1 Å². The first-order valence-electron chi connectivity index (χ1n) is 5.14.